The lowest BCUT2D eigenvalue weighted by atomic mass is 10.1. The summed E-state index contributed by atoms with van der Waals surface area (Å²) in [5, 5.41) is 33.6. The molecule has 0 aromatic rings. The number of carboxylic acids is 3. The van der Waals surface area contributed by atoms with Gasteiger partial charge in [0.15, 0.2) is 0 Å². The number of aliphatic carboxylic acids is 3. The summed E-state index contributed by atoms with van der Waals surface area (Å²) in [7, 11) is 0. The predicted octanol–water partition coefficient (Wildman–Crippen LogP) is -2.75. The molecule has 0 fully saturated rings. The lowest BCUT2D eigenvalue weighted by Gasteiger charge is -2.24. The number of nitrogens with two attached hydrogens (primary N) is 2. The molecule has 0 spiro atoms. The summed E-state index contributed by atoms with van der Waals surface area (Å²) in [6.07, 6.45) is -0.791. The van der Waals surface area contributed by atoms with Crippen LogP contribution in [0, 0.1) is 0 Å². The van der Waals surface area contributed by atoms with Crippen LogP contribution in [-0.2, 0) is 28.8 Å². The van der Waals surface area contributed by atoms with Crippen molar-refractivity contribution in [2.75, 3.05) is 12.3 Å². The third kappa shape index (κ3) is 12.6. The molecule has 0 saturated heterocycles. The third-order valence-corrected chi connectivity index (χ3v) is 4.78. The van der Waals surface area contributed by atoms with Gasteiger partial charge in [-0.1, -0.05) is 0 Å². The molecule has 0 aliphatic rings. The number of thiol groups is 1. The van der Waals surface area contributed by atoms with Crippen LogP contribution in [0.2, 0.25) is 0 Å². The van der Waals surface area contributed by atoms with Crippen molar-refractivity contribution in [3.8, 4) is 0 Å². The highest BCUT2D eigenvalue weighted by molar-refractivity contribution is 7.80. The van der Waals surface area contributed by atoms with Crippen molar-refractivity contribution in [1.29, 1.82) is 0 Å². The summed E-state index contributed by atoms with van der Waals surface area (Å²) in [4.78, 5) is 70.4. The van der Waals surface area contributed by atoms with E-state index in [1.54, 1.807) is 0 Å². The smallest absolute Gasteiger partial charge is 0.326 e. The van der Waals surface area contributed by atoms with Crippen LogP contribution in [0.25, 0.3) is 0 Å². The number of carboxylic acid groups (broad SMARTS) is 3. The van der Waals surface area contributed by atoms with Crippen LogP contribution in [0.5, 0.6) is 0 Å². The summed E-state index contributed by atoms with van der Waals surface area (Å²) < 4.78 is 0. The summed E-state index contributed by atoms with van der Waals surface area (Å²) in [6.45, 7) is 0.290. The topological polar surface area (TPSA) is 251 Å². The molecule has 3 amide bonds. The first-order chi connectivity index (χ1) is 15.4. The van der Waals surface area contributed by atoms with Crippen molar-refractivity contribution in [2.24, 2.45) is 11.5 Å². The van der Waals surface area contributed by atoms with Gasteiger partial charge in [-0.15, -0.1) is 0 Å². The van der Waals surface area contributed by atoms with Gasteiger partial charge in [0.2, 0.25) is 17.7 Å². The van der Waals surface area contributed by atoms with E-state index < -0.39 is 72.6 Å². The summed E-state index contributed by atoms with van der Waals surface area (Å²) in [5.74, 6) is -6.90. The largest absolute Gasteiger partial charge is 0.481 e. The number of nitrogens with one attached hydrogen (secondary N) is 3. The molecule has 4 atom stereocenters. The second kappa shape index (κ2) is 15.8. The Morgan fingerprint density at radius 3 is 1.73 bits per heavy atom. The second-order valence-corrected chi connectivity index (χ2v) is 7.49. The maximum Gasteiger partial charge on any atom is 0.326 e. The molecule has 33 heavy (non-hydrogen) atoms. The lowest BCUT2D eigenvalue weighted by Crippen LogP contribution is -2.57. The van der Waals surface area contributed by atoms with Crippen LogP contribution in [0.1, 0.15) is 38.5 Å². The van der Waals surface area contributed by atoms with Gasteiger partial charge >= 0.3 is 17.9 Å². The SMILES string of the molecule is NCCCCC(NC(=O)C(CCC(=O)O)NC(=O)C(N)CS)C(=O)NC(CC(=O)O)C(=O)O. The average molecular weight is 494 g/mol. The molecular weight excluding hydrogens is 462 g/mol. The van der Waals surface area contributed by atoms with E-state index in [4.69, 9.17) is 26.8 Å². The molecule has 0 heterocycles. The van der Waals surface area contributed by atoms with Crippen molar-refractivity contribution in [2.45, 2.75) is 62.7 Å². The molecule has 15 heteroatoms. The van der Waals surface area contributed by atoms with Crippen LogP contribution in [0.15, 0.2) is 0 Å². The Bertz CT molecular complexity index is 721. The van der Waals surface area contributed by atoms with Crippen LogP contribution < -0.4 is 27.4 Å². The van der Waals surface area contributed by atoms with Crippen molar-refractivity contribution in [3.05, 3.63) is 0 Å². The number of carbonyl (C=O) groups excluding carboxylic acids is 3. The molecule has 0 aromatic carbocycles. The first kappa shape index (κ1) is 30.1. The maximum atomic E-state index is 12.8. The van der Waals surface area contributed by atoms with Gasteiger partial charge in [0.25, 0.3) is 0 Å². The van der Waals surface area contributed by atoms with Crippen molar-refractivity contribution < 1.29 is 44.1 Å². The Hall–Kier alpha value is -2.91. The predicted molar refractivity (Wildman–Crippen MR) is 117 cm³/mol. The molecule has 0 rings (SSSR count). The molecule has 14 nitrogen and oxygen atoms in total. The second-order valence-electron chi connectivity index (χ2n) is 7.13. The van der Waals surface area contributed by atoms with E-state index in [2.05, 4.69) is 28.6 Å². The highest BCUT2D eigenvalue weighted by Crippen LogP contribution is 2.06. The van der Waals surface area contributed by atoms with Crippen molar-refractivity contribution in [3.63, 3.8) is 0 Å². The van der Waals surface area contributed by atoms with E-state index in [0.717, 1.165) is 0 Å². The zero-order chi connectivity index (χ0) is 25.6. The number of unbranched alkanes of at least 4 members (excludes halogenated alkanes) is 1. The average Bonchev–Trinajstić information content (AvgIpc) is 2.73. The standard InChI is InChI=1S/C18H31N5O9S/c19-6-2-1-3-10(16(29)23-12(18(31)32)7-14(26)27)22-17(30)11(4-5-13(24)25)21-15(28)9(20)8-33/h9-12,33H,1-8,19-20H2,(H,21,28)(H,22,30)(H,23,29)(H,24,25)(H,26,27)(H,31,32). The van der Waals surface area contributed by atoms with E-state index in [0.29, 0.717) is 12.8 Å². The first-order valence-corrected chi connectivity index (χ1v) is 10.7. The van der Waals surface area contributed by atoms with E-state index in [1.165, 1.54) is 0 Å². The van der Waals surface area contributed by atoms with Crippen molar-refractivity contribution in [1.82, 2.24) is 16.0 Å². The number of amides is 3. The molecule has 0 aromatic heterocycles. The molecule has 0 bridgehead atoms. The van der Waals surface area contributed by atoms with Crippen LogP contribution in [0.4, 0.5) is 0 Å². The fourth-order valence-corrected chi connectivity index (χ4v) is 2.75. The van der Waals surface area contributed by atoms with E-state index >= 15 is 0 Å². The normalized spacial score (nSPS) is 14.3. The minimum atomic E-state index is -1.74. The Labute approximate surface area is 195 Å². The van der Waals surface area contributed by atoms with Crippen LogP contribution in [0.3, 0.4) is 0 Å². The zero-order valence-corrected chi connectivity index (χ0v) is 18.8. The van der Waals surface area contributed by atoms with Crippen LogP contribution in [-0.4, -0.2) is 87.4 Å². The molecule has 4 unspecified atom stereocenters. The molecule has 0 aliphatic heterocycles. The monoisotopic (exact) mass is 493 g/mol. The number of carbonyl (C=O) groups is 6. The van der Waals surface area contributed by atoms with E-state index in [1.807, 2.05) is 0 Å². The van der Waals surface area contributed by atoms with Gasteiger partial charge in [0.05, 0.1) is 12.5 Å². The van der Waals surface area contributed by atoms with Gasteiger partial charge in [-0.3, -0.25) is 24.0 Å². The lowest BCUT2D eigenvalue weighted by molar-refractivity contribution is -0.147. The Morgan fingerprint density at radius 1 is 0.758 bits per heavy atom. The fourth-order valence-electron chi connectivity index (χ4n) is 2.58. The van der Waals surface area contributed by atoms with Crippen molar-refractivity contribution >= 4 is 48.3 Å². The zero-order valence-electron chi connectivity index (χ0n) is 17.9. The molecule has 0 saturated carbocycles. The molecule has 10 N–H and O–H groups in total. The Balaban J connectivity index is 5.53. The van der Waals surface area contributed by atoms with Gasteiger partial charge < -0.3 is 42.7 Å². The van der Waals surface area contributed by atoms with Gasteiger partial charge in [-0.25, -0.2) is 4.79 Å². The highest BCUT2D eigenvalue weighted by atomic mass is 32.1. The first-order valence-electron chi connectivity index (χ1n) is 10.1. The minimum Gasteiger partial charge on any atom is -0.481 e. The van der Waals surface area contributed by atoms with Crippen LogP contribution >= 0.6 is 12.6 Å². The molecule has 0 radical (unpaired) electrons. The summed E-state index contributed by atoms with van der Waals surface area (Å²) >= 11 is 3.88. The van der Waals surface area contributed by atoms with Gasteiger partial charge in [0.1, 0.15) is 18.1 Å². The van der Waals surface area contributed by atoms with Gasteiger partial charge in [0, 0.05) is 12.2 Å². The molecule has 188 valence electrons. The molecular formula is C18H31N5O9S. The van der Waals surface area contributed by atoms with Gasteiger partial charge in [-0.05, 0) is 32.2 Å². The minimum absolute atomic E-state index is 0.0317. The summed E-state index contributed by atoms with van der Waals surface area (Å²) in [5.41, 5.74) is 11.0. The number of hydrogen-bond acceptors (Lipinski definition) is 9. The quantitative estimate of drug-likeness (QED) is 0.0741. The Kier molecular flexibility index (Phi) is 14.4. The number of rotatable bonds is 17. The fraction of sp³-hybridized carbons (Fsp3) is 0.667. The maximum absolute atomic E-state index is 12.8. The van der Waals surface area contributed by atoms with E-state index in [-0.39, 0.29) is 25.1 Å². The van der Waals surface area contributed by atoms with E-state index in [9.17, 15) is 28.8 Å². The Morgan fingerprint density at radius 2 is 1.27 bits per heavy atom. The van der Waals surface area contributed by atoms with Gasteiger partial charge in [-0.2, -0.15) is 12.6 Å². The third-order valence-electron chi connectivity index (χ3n) is 4.39. The molecule has 0 aliphatic carbocycles. The highest BCUT2D eigenvalue weighted by Gasteiger charge is 2.31. The summed E-state index contributed by atoms with van der Waals surface area (Å²) in [6, 6.07) is -5.44. The number of hydrogen-bond donors (Lipinski definition) is 9.